The molecule has 18 heavy (non-hydrogen) atoms. The van der Waals surface area contributed by atoms with Crippen molar-refractivity contribution in [3.05, 3.63) is 12.4 Å². The van der Waals surface area contributed by atoms with E-state index >= 15 is 0 Å². The van der Waals surface area contributed by atoms with E-state index in [-0.39, 0.29) is 4.90 Å². The first-order valence-corrected chi connectivity index (χ1v) is 8.48. The summed E-state index contributed by atoms with van der Waals surface area (Å²) in [5.41, 5.74) is 0. The van der Waals surface area contributed by atoms with E-state index < -0.39 is 10.0 Å². The molecule has 0 aromatic carbocycles. The summed E-state index contributed by atoms with van der Waals surface area (Å²) in [6.45, 7) is 3.80. The third-order valence-corrected chi connectivity index (χ3v) is 5.28. The first-order valence-electron chi connectivity index (χ1n) is 5.92. The van der Waals surface area contributed by atoms with Crippen molar-refractivity contribution in [2.24, 2.45) is 0 Å². The summed E-state index contributed by atoms with van der Waals surface area (Å²) in [5, 5.41) is 7.17. The van der Waals surface area contributed by atoms with Crippen molar-refractivity contribution < 1.29 is 8.42 Å². The zero-order valence-electron chi connectivity index (χ0n) is 10.0. The van der Waals surface area contributed by atoms with E-state index in [9.17, 15) is 8.42 Å². The van der Waals surface area contributed by atoms with Gasteiger partial charge in [-0.2, -0.15) is 9.40 Å². The Labute approximate surface area is 116 Å². The molecule has 0 unspecified atom stereocenters. The maximum atomic E-state index is 12.3. The number of H-pyrrole nitrogens is 1. The highest BCUT2D eigenvalue weighted by Crippen LogP contribution is 2.16. The second-order valence-corrected chi connectivity index (χ2v) is 6.95. The van der Waals surface area contributed by atoms with Gasteiger partial charge in [0.05, 0.1) is 6.20 Å². The molecule has 8 heteroatoms. The molecule has 1 fully saturated rings. The van der Waals surface area contributed by atoms with Gasteiger partial charge in [0.15, 0.2) is 0 Å². The van der Waals surface area contributed by atoms with Crippen LogP contribution >= 0.6 is 15.9 Å². The van der Waals surface area contributed by atoms with Crippen LogP contribution in [0, 0.1) is 0 Å². The van der Waals surface area contributed by atoms with Gasteiger partial charge in [0.2, 0.25) is 10.0 Å². The number of halogens is 1. The Morgan fingerprint density at radius 1 is 1.33 bits per heavy atom. The molecule has 1 aromatic heterocycles. The zero-order chi connectivity index (χ0) is 13.0. The smallest absolute Gasteiger partial charge is 0.246 e. The van der Waals surface area contributed by atoms with Crippen molar-refractivity contribution in [3.63, 3.8) is 0 Å². The second kappa shape index (κ2) is 6.14. The van der Waals surface area contributed by atoms with Gasteiger partial charge in [0.25, 0.3) is 0 Å². The van der Waals surface area contributed by atoms with Crippen molar-refractivity contribution in [2.45, 2.75) is 11.3 Å². The Hall–Kier alpha value is -0.440. The predicted octanol–water partition coefficient (Wildman–Crippen LogP) is 0.501. The summed E-state index contributed by atoms with van der Waals surface area (Å²) in [6, 6.07) is 0. The first-order chi connectivity index (χ1) is 8.64. The lowest BCUT2D eigenvalue weighted by molar-refractivity contribution is 0.305. The summed E-state index contributed by atoms with van der Waals surface area (Å²) in [6.07, 6.45) is 3.65. The van der Waals surface area contributed by atoms with Gasteiger partial charge in [-0.05, 0) is 13.0 Å². The van der Waals surface area contributed by atoms with Gasteiger partial charge < -0.3 is 4.90 Å². The third kappa shape index (κ3) is 3.11. The number of sulfonamides is 1. The number of rotatable bonds is 4. The van der Waals surface area contributed by atoms with E-state index in [0.717, 1.165) is 31.4 Å². The van der Waals surface area contributed by atoms with E-state index in [2.05, 4.69) is 31.0 Å². The standard InChI is InChI=1S/C10H17BrN4O2S/c11-2-5-14-3-1-4-15(7-6-14)18(16,17)10-8-12-13-9-10/h8-9H,1-7H2,(H,12,13). The summed E-state index contributed by atoms with van der Waals surface area (Å²) in [4.78, 5) is 2.52. The molecule has 1 aromatic rings. The molecule has 0 amide bonds. The minimum Gasteiger partial charge on any atom is -0.301 e. The molecule has 2 heterocycles. The minimum atomic E-state index is -3.38. The third-order valence-electron chi connectivity index (χ3n) is 3.06. The Morgan fingerprint density at radius 3 is 2.83 bits per heavy atom. The van der Waals surface area contributed by atoms with Crippen molar-refractivity contribution in [2.75, 3.05) is 38.1 Å². The fourth-order valence-electron chi connectivity index (χ4n) is 2.06. The van der Waals surface area contributed by atoms with Gasteiger partial charge >= 0.3 is 0 Å². The lowest BCUT2D eigenvalue weighted by Crippen LogP contribution is -2.35. The molecular weight excluding hydrogens is 320 g/mol. The molecule has 0 saturated carbocycles. The van der Waals surface area contributed by atoms with Crippen molar-refractivity contribution in [3.8, 4) is 0 Å². The molecule has 6 nitrogen and oxygen atoms in total. The van der Waals surface area contributed by atoms with Crippen LogP contribution in [0.4, 0.5) is 0 Å². The van der Waals surface area contributed by atoms with E-state index in [0.29, 0.717) is 13.1 Å². The van der Waals surface area contributed by atoms with Gasteiger partial charge in [0, 0.05) is 37.7 Å². The molecule has 0 spiro atoms. The monoisotopic (exact) mass is 336 g/mol. The molecule has 2 rings (SSSR count). The minimum absolute atomic E-state index is 0.247. The average Bonchev–Trinajstić information content (AvgIpc) is 2.78. The molecule has 1 aliphatic rings. The summed E-state index contributed by atoms with van der Waals surface area (Å²) in [7, 11) is -3.38. The van der Waals surface area contributed by atoms with Crippen molar-refractivity contribution in [1.82, 2.24) is 19.4 Å². The van der Waals surface area contributed by atoms with Crippen LogP contribution in [-0.2, 0) is 10.0 Å². The number of nitrogens with one attached hydrogen (secondary N) is 1. The summed E-state index contributed by atoms with van der Waals surface area (Å²) in [5.74, 6) is 0. The fourth-order valence-corrected chi connectivity index (χ4v) is 3.94. The van der Waals surface area contributed by atoms with Crippen LogP contribution in [-0.4, -0.2) is 65.9 Å². The molecule has 0 bridgehead atoms. The van der Waals surface area contributed by atoms with Crippen molar-refractivity contribution in [1.29, 1.82) is 0 Å². The van der Waals surface area contributed by atoms with Gasteiger partial charge in [-0.3, -0.25) is 5.10 Å². The van der Waals surface area contributed by atoms with E-state index in [1.54, 1.807) is 4.31 Å². The van der Waals surface area contributed by atoms with Crippen LogP contribution in [0.25, 0.3) is 0 Å². The van der Waals surface area contributed by atoms with E-state index in [1.807, 2.05) is 0 Å². The molecule has 0 atom stereocenters. The van der Waals surface area contributed by atoms with Crippen LogP contribution in [0.1, 0.15) is 6.42 Å². The number of hydrogen-bond acceptors (Lipinski definition) is 4. The summed E-state index contributed by atoms with van der Waals surface area (Å²) >= 11 is 3.41. The number of alkyl halides is 1. The lowest BCUT2D eigenvalue weighted by atomic mass is 10.4. The quantitative estimate of drug-likeness (QED) is 0.813. The number of hydrogen-bond donors (Lipinski definition) is 1. The lowest BCUT2D eigenvalue weighted by Gasteiger charge is -2.20. The van der Waals surface area contributed by atoms with Crippen LogP contribution in [0.3, 0.4) is 0 Å². The number of nitrogens with zero attached hydrogens (tertiary/aromatic N) is 3. The molecular formula is C10H17BrN4O2S. The zero-order valence-corrected chi connectivity index (χ0v) is 12.5. The van der Waals surface area contributed by atoms with Crippen LogP contribution in [0.2, 0.25) is 0 Å². The average molecular weight is 337 g/mol. The fraction of sp³-hybridized carbons (Fsp3) is 0.700. The largest absolute Gasteiger partial charge is 0.301 e. The SMILES string of the molecule is O=S(=O)(c1cn[nH]c1)N1CCCN(CCBr)CC1. The molecule has 0 radical (unpaired) electrons. The van der Waals surface area contributed by atoms with Crippen LogP contribution in [0.5, 0.6) is 0 Å². The number of aromatic nitrogens is 2. The van der Waals surface area contributed by atoms with Crippen LogP contribution < -0.4 is 0 Å². The van der Waals surface area contributed by atoms with Gasteiger partial charge in [-0.25, -0.2) is 8.42 Å². The van der Waals surface area contributed by atoms with Crippen LogP contribution in [0.15, 0.2) is 17.3 Å². The van der Waals surface area contributed by atoms with E-state index in [1.165, 1.54) is 12.4 Å². The Bertz CT molecular complexity index is 462. The molecule has 0 aliphatic carbocycles. The molecule has 102 valence electrons. The van der Waals surface area contributed by atoms with Crippen molar-refractivity contribution >= 4 is 26.0 Å². The van der Waals surface area contributed by atoms with Gasteiger partial charge in [0.1, 0.15) is 4.90 Å². The van der Waals surface area contributed by atoms with E-state index in [4.69, 9.17) is 0 Å². The Kier molecular flexibility index (Phi) is 4.77. The molecule has 1 aliphatic heterocycles. The predicted molar refractivity (Wildman–Crippen MR) is 72.2 cm³/mol. The highest BCUT2D eigenvalue weighted by molar-refractivity contribution is 9.09. The molecule has 1 N–H and O–H groups in total. The van der Waals surface area contributed by atoms with Gasteiger partial charge in [-0.1, -0.05) is 15.9 Å². The normalized spacial score (nSPS) is 19.8. The highest BCUT2D eigenvalue weighted by Gasteiger charge is 2.27. The second-order valence-electron chi connectivity index (χ2n) is 4.22. The maximum Gasteiger partial charge on any atom is 0.246 e. The maximum absolute atomic E-state index is 12.3. The first kappa shape index (κ1) is 14.0. The molecule has 1 saturated heterocycles. The Balaban J connectivity index is 2.06. The highest BCUT2D eigenvalue weighted by atomic mass is 79.9. The topological polar surface area (TPSA) is 69.3 Å². The summed E-state index contributed by atoms with van der Waals surface area (Å²) < 4.78 is 26.2. The van der Waals surface area contributed by atoms with Gasteiger partial charge in [-0.15, -0.1) is 0 Å². The Morgan fingerprint density at radius 2 is 2.17 bits per heavy atom. The number of aromatic amines is 1.